The molecular formula is C24H23FN4O2. The Labute approximate surface area is 180 Å². The summed E-state index contributed by atoms with van der Waals surface area (Å²) < 4.78 is 24.5. The van der Waals surface area contributed by atoms with Crippen molar-refractivity contribution in [3.05, 3.63) is 71.5 Å². The summed E-state index contributed by atoms with van der Waals surface area (Å²) in [6.07, 6.45) is 0.968. The van der Waals surface area contributed by atoms with Crippen LogP contribution in [-0.4, -0.2) is 38.3 Å². The van der Waals surface area contributed by atoms with Crippen LogP contribution in [0.15, 0.2) is 52.9 Å². The minimum atomic E-state index is -0.233. The van der Waals surface area contributed by atoms with Crippen molar-refractivity contribution in [3.63, 3.8) is 0 Å². The molecule has 0 N–H and O–H groups in total. The molecule has 2 unspecified atom stereocenters. The number of nitrogens with zero attached hydrogens (tertiary/aromatic N) is 4. The molecule has 2 fully saturated rings. The molecule has 0 amide bonds. The quantitative estimate of drug-likeness (QED) is 0.616. The van der Waals surface area contributed by atoms with Gasteiger partial charge in [0.05, 0.1) is 7.11 Å². The van der Waals surface area contributed by atoms with Crippen LogP contribution in [0.25, 0.3) is 0 Å². The molecule has 1 saturated heterocycles. The van der Waals surface area contributed by atoms with Gasteiger partial charge in [-0.25, -0.2) is 9.37 Å². The molecule has 7 heteroatoms. The van der Waals surface area contributed by atoms with Gasteiger partial charge in [0.2, 0.25) is 17.5 Å². The summed E-state index contributed by atoms with van der Waals surface area (Å²) in [6, 6.07) is 16.8. The fourth-order valence-electron chi connectivity index (χ4n) is 4.28. The highest BCUT2D eigenvalue weighted by Gasteiger charge is 2.44. The van der Waals surface area contributed by atoms with Crippen LogP contribution in [0.1, 0.15) is 35.4 Å². The summed E-state index contributed by atoms with van der Waals surface area (Å²) in [5, 5.41) is 9.60. The highest BCUT2D eigenvalue weighted by atomic mass is 19.1. The Morgan fingerprint density at radius 1 is 1.00 bits per heavy atom. The number of benzene rings is 2. The molecule has 2 heterocycles. The van der Waals surface area contributed by atoms with E-state index in [1.165, 1.54) is 17.7 Å². The minimum absolute atomic E-state index is 0.203. The molecule has 158 valence electrons. The Balaban J connectivity index is 1.27. The van der Waals surface area contributed by atoms with E-state index in [-0.39, 0.29) is 11.7 Å². The third kappa shape index (κ3) is 3.81. The van der Waals surface area contributed by atoms with E-state index in [1.54, 1.807) is 19.2 Å². The van der Waals surface area contributed by atoms with Gasteiger partial charge in [0.25, 0.3) is 0 Å². The molecule has 31 heavy (non-hydrogen) atoms. The lowest BCUT2D eigenvalue weighted by atomic mass is 10.1. The van der Waals surface area contributed by atoms with Crippen LogP contribution in [-0.2, 0) is 0 Å². The predicted octanol–water partition coefficient (Wildman–Crippen LogP) is 4.29. The maximum atomic E-state index is 13.2. The second kappa shape index (κ2) is 7.95. The number of oxazole rings is 1. The molecule has 1 saturated carbocycles. The first-order chi connectivity index (χ1) is 15.2. The maximum absolute atomic E-state index is 13.2. The van der Waals surface area contributed by atoms with Gasteiger partial charge in [-0.3, -0.25) is 0 Å². The van der Waals surface area contributed by atoms with E-state index in [4.69, 9.17) is 9.15 Å². The second-order valence-corrected chi connectivity index (χ2v) is 7.99. The first-order valence-electron chi connectivity index (χ1n) is 10.5. The largest absolute Gasteiger partial charge is 0.497 e. The van der Waals surface area contributed by atoms with Gasteiger partial charge in [0.15, 0.2) is 0 Å². The predicted molar refractivity (Wildman–Crippen MR) is 115 cm³/mol. The number of hydrogen-bond donors (Lipinski definition) is 0. The van der Waals surface area contributed by atoms with Gasteiger partial charge < -0.3 is 19.0 Å². The molecule has 5 rings (SSSR count). The van der Waals surface area contributed by atoms with E-state index in [0.717, 1.165) is 30.9 Å². The van der Waals surface area contributed by atoms with Crippen molar-refractivity contribution in [2.24, 2.45) is 0 Å². The number of aromatic nitrogens is 1. The average molecular weight is 418 g/mol. The van der Waals surface area contributed by atoms with E-state index in [9.17, 15) is 9.65 Å². The van der Waals surface area contributed by atoms with E-state index in [2.05, 4.69) is 33.0 Å². The monoisotopic (exact) mass is 418 g/mol. The fourth-order valence-corrected chi connectivity index (χ4v) is 4.28. The van der Waals surface area contributed by atoms with Crippen molar-refractivity contribution < 1.29 is 13.5 Å². The number of anilines is 2. The number of rotatable bonds is 5. The van der Waals surface area contributed by atoms with Crippen LogP contribution < -0.4 is 14.5 Å². The SMILES string of the molecule is COc1ccc(C2CC2c2nc(C#N)c(N3CCN(c4ccc(F)cc4)CC3)o2)cc1. The first-order valence-corrected chi connectivity index (χ1v) is 10.5. The molecule has 1 aliphatic carbocycles. The van der Waals surface area contributed by atoms with Gasteiger partial charge in [-0.2, -0.15) is 5.26 Å². The first kappa shape index (κ1) is 19.4. The highest BCUT2D eigenvalue weighted by Crippen LogP contribution is 2.55. The van der Waals surface area contributed by atoms with Crippen LogP contribution in [0.4, 0.5) is 16.0 Å². The van der Waals surface area contributed by atoms with Crippen molar-refractivity contribution in [1.82, 2.24) is 4.98 Å². The Morgan fingerprint density at radius 2 is 1.68 bits per heavy atom. The number of halogens is 1. The Kier molecular flexibility index (Phi) is 4.99. The minimum Gasteiger partial charge on any atom is -0.497 e. The second-order valence-electron chi connectivity index (χ2n) is 7.99. The van der Waals surface area contributed by atoms with Gasteiger partial charge in [-0.15, -0.1) is 0 Å². The molecule has 2 aromatic carbocycles. The van der Waals surface area contributed by atoms with Crippen LogP contribution >= 0.6 is 0 Å². The van der Waals surface area contributed by atoms with Crippen LogP contribution in [0.2, 0.25) is 0 Å². The van der Waals surface area contributed by atoms with E-state index in [1.807, 2.05) is 12.1 Å². The average Bonchev–Trinajstić information content (AvgIpc) is 3.51. The number of piperazine rings is 1. The number of methoxy groups -OCH3 is 1. The summed E-state index contributed by atoms with van der Waals surface area (Å²) in [6.45, 7) is 2.97. The number of hydrogen-bond acceptors (Lipinski definition) is 6. The van der Waals surface area contributed by atoms with Crippen LogP contribution in [0, 0.1) is 17.1 Å². The van der Waals surface area contributed by atoms with Gasteiger partial charge >= 0.3 is 0 Å². The van der Waals surface area contributed by atoms with Gasteiger partial charge in [0, 0.05) is 37.8 Å². The van der Waals surface area contributed by atoms with Crippen LogP contribution in [0.5, 0.6) is 5.75 Å². The van der Waals surface area contributed by atoms with E-state index < -0.39 is 0 Å². The maximum Gasteiger partial charge on any atom is 0.234 e. The Morgan fingerprint density at radius 3 is 2.32 bits per heavy atom. The molecule has 1 aliphatic heterocycles. The lowest BCUT2D eigenvalue weighted by molar-refractivity contribution is 0.414. The normalized spacial score (nSPS) is 20.4. The summed E-state index contributed by atoms with van der Waals surface area (Å²) >= 11 is 0. The Hall–Kier alpha value is -3.53. The molecule has 0 spiro atoms. The molecule has 1 aromatic heterocycles. The van der Waals surface area contributed by atoms with Crippen LogP contribution in [0.3, 0.4) is 0 Å². The zero-order valence-corrected chi connectivity index (χ0v) is 17.3. The molecule has 3 aromatic rings. The van der Waals surface area contributed by atoms with Crippen molar-refractivity contribution in [2.45, 2.75) is 18.3 Å². The topological polar surface area (TPSA) is 65.5 Å². The lowest BCUT2D eigenvalue weighted by Gasteiger charge is -2.35. The number of nitriles is 1. The summed E-state index contributed by atoms with van der Waals surface area (Å²) in [4.78, 5) is 8.80. The van der Waals surface area contributed by atoms with Crippen molar-refractivity contribution in [2.75, 3.05) is 43.1 Å². The summed E-state index contributed by atoms with van der Waals surface area (Å²) in [7, 11) is 1.66. The molecular weight excluding hydrogens is 395 g/mol. The third-order valence-corrected chi connectivity index (χ3v) is 6.14. The van der Waals surface area contributed by atoms with E-state index in [0.29, 0.717) is 36.5 Å². The zero-order chi connectivity index (χ0) is 21.4. The van der Waals surface area contributed by atoms with Gasteiger partial charge in [-0.1, -0.05) is 12.1 Å². The third-order valence-electron chi connectivity index (χ3n) is 6.14. The molecule has 0 radical (unpaired) electrons. The van der Waals surface area contributed by atoms with Gasteiger partial charge in [0.1, 0.15) is 17.6 Å². The van der Waals surface area contributed by atoms with Crippen molar-refractivity contribution >= 4 is 11.6 Å². The Bertz CT molecular complexity index is 1100. The van der Waals surface area contributed by atoms with Gasteiger partial charge in [-0.05, 0) is 54.3 Å². The fraction of sp³-hybridized carbons (Fsp3) is 0.333. The smallest absolute Gasteiger partial charge is 0.234 e. The lowest BCUT2D eigenvalue weighted by Crippen LogP contribution is -2.46. The summed E-state index contributed by atoms with van der Waals surface area (Å²) in [5.74, 6) is 2.38. The standard InChI is InChI=1S/C24H23FN4O2/c1-30-19-8-2-16(3-9-19)20-14-21(20)23-27-22(15-26)24(31-23)29-12-10-28(11-13-29)18-6-4-17(25)5-7-18/h2-9,20-21H,10-14H2,1H3. The number of ether oxygens (including phenoxy) is 1. The van der Waals surface area contributed by atoms with Crippen molar-refractivity contribution in [1.29, 1.82) is 5.26 Å². The molecule has 6 nitrogen and oxygen atoms in total. The molecule has 2 aliphatic rings. The molecule has 0 bridgehead atoms. The highest BCUT2D eigenvalue weighted by molar-refractivity contribution is 5.53. The summed E-state index contributed by atoms with van der Waals surface area (Å²) in [5.41, 5.74) is 2.59. The van der Waals surface area contributed by atoms with E-state index >= 15 is 0 Å². The van der Waals surface area contributed by atoms with Crippen molar-refractivity contribution in [3.8, 4) is 11.8 Å². The molecule has 2 atom stereocenters. The zero-order valence-electron chi connectivity index (χ0n) is 17.3.